The van der Waals surface area contributed by atoms with Crippen molar-refractivity contribution in [3.63, 3.8) is 0 Å². The van der Waals surface area contributed by atoms with Gasteiger partial charge in [-0.15, -0.1) is 0 Å². The number of rotatable bonds is 2. The second-order valence-electron chi connectivity index (χ2n) is 5.62. The maximum atomic E-state index is 12.0. The van der Waals surface area contributed by atoms with Crippen molar-refractivity contribution in [1.29, 1.82) is 0 Å². The second kappa shape index (κ2) is 4.76. The highest BCUT2D eigenvalue weighted by Gasteiger charge is 2.30. The Kier molecular flexibility index (Phi) is 3.27. The van der Waals surface area contributed by atoms with Gasteiger partial charge in [0.05, 0.1) is 0 Å². The molecule has 2 unspecified atom stereocenters. The van der Waals surface area contributed by atoms with Crippen molar-refractivity contribution in [1.82, 2.24) is 4.57 Å². The van der Waals surface area contributed by atoms with Crippen molar-refractivity contribution >= 4 is 17.5 Å². The third-order valence-electron chi connectivity index (χ3n) is 4.51. The molecule has 2 aliphatic rings. The topological polar surface area (TPSA) is 22.0 Å². The lowest BCUT2D eigenvalue weighted by Crippen LogP contribution is -2.16. The molecular formula is C15H21NOS. The van der Waals surface area contributed by atoms with Gasteiger partial charge in [-0.05, 0) is 51.3 Å². The van der Waals surface area contributed by atoms with Crippen LogP contribution in [0.15, 0.2) is 6.07 Å². The Hall–Kier alpha value is -0.700. The van der Waals surface area contributed by atoms with E-state index in [0.717, 1.165) is 30.1 Å². The molecule has 0 bridgehead atoms. The second-order valence-corrected chi connectivity index (χ2v) is 6.76. The molecule has 1 saturated carbocycles. The Labute approximate surface area is 113 Å². The zero-order valence-corrected chi connectivity index (χ0v) is 12.1. The number of ketones is 1. The van der Waals surface area contributed by atoms with Gasteiger partial charge in [-0.2, -0.15) is 11.8 Å². The predicted molar refractivity (Wildman–Crippen MR) is 76.6 cm³/mol. The summed E-state index contributed by atoms with van der Waals surface area (Å²) in [5, 5.41) is 0.812. The SMILES string of the molecule is CSC1CCC(n2c(C)cc3c2CCCC3=O)C1. The largest absolute Gasteiger partial charge is 0.345 e. The van der Waals surface area contributed by atoms with Crippen LogP contribution in [0.4, 0.5) is 0 Å². The van der Waals surface area contributed by atoms with Gasteiger partial charge >= 0.3 is 0 Å². The van der Waals surface area contributed by atoms with E-state index in [2.05, 4.69) is 23.8 Å². The molecular weight excluding hydrogens is 242 g/mol. The number of fused-ring (bicyclic) bond motifs is 1. The molecule has 98 valence electrons. The molecule has 18 heavy (non-hydrogen) atoms. The molecule has 0 spiro atoms. The standard InChI is InChI=1S/C15H21NOS/c1-10-8-13-14(4-3-5-15(13)17)16(10)11-6-7-12(9-11)18-2/h8,11-12H,3-7,9H2,1-2H3. The number of aryl methyl sites for hydroxylation is 1. The molecule has 0 aliphatic heterocycles. The maximum absolute atomic E-state index is 12.0. The van der Waals surface area contributed by atoms with E-state index in [1.165, 1.54) is 30.7 Å². The van der Waals surface area contributed by atoms with Gasteiger partial charge in [-0.3, -0.25) is 4.79 Å². The van der Waals surface area contributed by atoms with Gasteiger partial charge in [-0.25, -0.2) is 0 Å². The Morgan fingerprint density at radius 3 is 2.89 bits per heavy atom. The van der Waals surface area contributed by atoms with Crippen LogP contribution in [0, 0.1) is 6.92 Å². The van der Waals surface area contributed by atoms with E-state index in [-0.39, 0.29) is 0 Å². The Morgan fingerprint density at radius 2 is 2.17 bits per heavy atom. The number of thioether (sulfide) groups is 1. The van der Waals surface area contributed by atoms with Crippen LogP contribution in [0.5, 0.6) is 0 Å². The van der Waals surface area contributed by atoms with Gasteiger partial charge in [-0.1, -0.05) is 0 Å². The third kappa shape index (κ3) is 1.93. The number of aromatic nitrogens is 1. The van der Waals surface area contributed by atoms with E-state index in [1.807, 2.05) is 11.8 Å². The monoisotopic (exact) mass is 263 g/mol. The average Bonchev–Trinajstić information content (AvgIpc) is 2.93. The number of nitrogens with zero attached hydrogens (tertiary/aromatic N) is 1. The summed E-state index contributed by atoms with van der Waals surface area (Å²) in [4.78, 5) is 12.0. The summed E-state index contributed by atoms with van der Waals surface area (Å²) < 4.78 is 2.49. The van der Waals surface area contributed by atoms with E-state index in [4.69, 9.17) is 0 Å². The predicted octanol–water partition coefficient (Wildman–Crippen LogP) is 3.77. The van der Waals surface area contributed by atoms with E-state index >= 15 is 0 Å². The minimum Gasteiger partial charge on any atom is -0.345 e. The smallest absolute Gasteiger partial charge is 0.164 e. The van der Waals surface area contributed by atoms with Crippen molar-refractivity contribution in [2.45, 2.75) is 56.7 Å². The highest BCUT2D eigenvalue weighted by atomic mass is 32.2. The number of carbonyl (C=O) groups excluding carboxylic acids is 1. The van der Waals surface area contributed by atoms with Crippen molar-refractivity contribution in [2.75, 3.05) is 6.26 Å². The minimum absolute atomic E-state index is 0.359. The lowest BCUT2D eigenvalue weighted by molar-refractivity contribution is 0.0971. The number of hydrogen-bond donors (Lipinski definition) is 0. The molecule has 0 N–H and O–H groups in total. The Bertz CT molecular complexity index is 477. The van der Waals surface area contributed by atoms with E-state index < -0.39 is 0 Å². The molecule has 0 aromatic carbocycles. The summed E-state index contributed by atoms with van der Waals surface area (Å²) in [6.07, 6.45) is 8.97. The van der Waals surface area contributed by atoms with Crippen LogP contribution in [-0.2, 0) is 6.42 Å². The van der Waals surface area contributed by atoms with Crippen molar-refractivity contribution < 1.29 is 4.79 Å². The van der Waals surface area contributed by atoms with Crippen molar-refractivity contribution in [3.8, 4) is 0 Å². The zero-order chi connectivity index (χ0) is 12.7. The fraction of sp³-hybridized carbons (Fsp3) is 0.667. The normalized spacial score (nSPS) is 27.6. The Morgan fingerprint density at radius 1 is 1.33 bits per heavy atom. The van der Waals surface area contributed by atoms with Gasteiger partial charge in [0.2, 0.25) is 0 Å². The summed E-state index contributed by atoms with van der Waals surface area (Å²) in [5.41, 5.74) is 3.64. The average molecular weight is 263 g/mol. The zero-order valence-electron chi connectivity index (χ0n) is 11.2. The minimum atomic E-state index is 0.359. The number of Topliss-reactive ketones (excluding diaryl/α,β-unsaturated/α-hetero) is 1. The third-order valence-corrected chi connectivity index (χ3v) is 5.60. The molecule has 1 heterocycles. The summed E-state index contributed by atoms with van der Waals surface area (Å²) in [7, 11) is 0. The van der Waals surface area contributed by atoms with Crippen LogP contribution >= 0.6 is 11.8 Å². The van der Waals surface area contributed by atoms with Gasteiger partial charge in [0.15, 0.2) is 5.78 Å². The van der Waals surface area contributed by atoms with E-state index in [9.17, 15) is 4.79 Å². The highest BCUT2D eigenvalue weighted by Crippen LogP contribution is 2.39. The molecule has 2 atom stereocenters. The molecule has 0 saturated heterocycles. The van der Waals surface area contributed by atoms with Crippen molar-refractivity contribution in [2.24, 2.45) is 0 Å². The molecule has 1 aromatic heterocycles. The van der Waals surface area contributed by atoms with Gasteiger partial charge in [0, 0.05) is 34.7 Å². The molecule has 2 aliphatic carbocycles. The van der Waals surface area contributed by atoms with Crippen LogP contribution in [0.25, 0.3) is 0 Å². The van der Waals surface area contributed by atoms with Crippen LogP contribution in [-0.4, -0.2) is 21.9 Å². The summed E-state index contributed by atoms with van der Waals surface area (Å²) in [6.45, 7) is 2.16. The van der Waals surface area contributed by atoms with Crippen LogP contribution in [0.2, 0.25) is 0 Å². The van der Waals surface area contributed by atoms with Gasteiger partial charge in [0.1, 0.15) is 0 Å². The number of carbonyl (C=O) groups is 1. The van der Waals surface area contributed by atoms with E-state index in [0.29, 0.717) is 11.8 Å². The quantitative estimate of drug-likeness (QED) is 0.810. The van der Waals surface area contributed by atoms with Crippen LogP contribution < -0.4 is 0 Å². The first-order chi connectivity index (χ1) is 8.70. The molecule has 0 radical (unpaired) electrons. The first kappa shape index (κ1) is 12.3. The lowest BCUT2D eigenvalue weighted by atomic mass is 9.96. The molecule has 3 heteroatoms. The number of hydrogen-bond acceptors (Lipinski definition) is 2. The molecule has 3 rings (SSSR count). The molecule has 1 aromatic rings. The van der Waals surface area contributed by atoms with Crippen molar-refractivity contribution in [3.05, 3.63) is 23.0 Å². The van der Waals surface area contributed by atoms with Gasteiger partial charge < -0.3 is 4.57 Å². The first-order valence-corrected chi connectivity index (χ1v) is 8.26. The van der Waals surface area contributed by atoms with Gasteiger partial charge in [0.25, 0.3) is 0 Å². The Balaban J connectivity index is 1.95. The summed E-state index contributed by atoms with van der Waals surface area (Å²) in [6, 6.07) is 2.76. The maximum Gasteiger partial charge on any atom is 0.164 e. The fourth-order valence-electron chi connectivity index (χ4n) is 3.63. The summed E-state index contributed by atoms with van der Waals surface area (Å²) in [5.74, 6) is 0.359. The van der Waals surface area contributed by atoms with E-state index in [1.54, 1.807) is 0 Å². The molecule has 2 nitrogen and oxygen atoms in total. The lowest BCUT2D eigenvalue weighted by Gasteiger charge is -2.21. The van der Waals surface area contributed by atoms with Crippen LogP contribution in [0.3, 0.4) is 0 Å². The molecule has 1 fully saturated rings. The summed E-state index contributed by atoms with van der Waals surface area (Å²) >= 11 is 2.00. The van der Waals surface area contributed by atoms with Crippen LogP contribution in [0.1, 0.15) is 59.9 Å². The fourth-order valence-corrected chi connectivity index (χ4v) is 4.41. The highest BCUT2D eigenvalue weighted by molar-refractivity contribution is 7.99. The molecule has 0 amide bonds. The first-order valence-electron chi connectivity index (χ1n) is 6.97.